The minimum absolute atomic E-state index is 0.139. The number of aromatic nitrogens is 1. The van der Waals surface area contributed by atoms with Crippen LogP contribution in [-0.2, 0) is 0 Å². The Morgan fingerprint density at radius 1 is 1.44 bits per heavy atom. The number of carbonyl (C=O) groups is 1. The number of hydrogen-bond donors (Lipinski definition) is 2. The molecular weight excluding hydrogens is 341 g/mol. The van der Waals surface area contributed by atoms with Gasteiger partial charge in [0, 0.05) is 10.4 Å². The summed E-state index contributed by atoms with van der Waals surface area (Å²) in [5.74, 6) is 0.298. The van der Waals surface area contributed by atoms with Crippen LogP contribution in [0.3, 0.4) is 0 Å². The summed E-state index contributed by atoms with van der Waals surface area (Å²) >= 11 is 1.58. The first-order valence-electron chi connectivity index (χ1n) is 8.37. The van der Waals surface area contributed by atoms with Gasteiger partial charge in [-0.15, -0.1) is 11.3 Å². The Bertz CT molecular complexity index is 778. The molecule has 0 saturated heterocycles. The number of halogens is 1. The van der Waals surface area contributed by atoms with Crippen molar-refractivity contribution >= 4 is 17.4 Å². The van der Waals surface area contributed by atoms with Crippen LogP contribution in [0, 0.1) is 19.7 Å². The molecule has 2 N–H and O–H groups in total. The molecule has 0 fully saturated rings. The summed E-state index contributed by atoms with van der Waals surface area (Å²) in [5, 5.41) is 6.88. The first-order valence-corrected chi connectivity index (χ1v) is 9.19. The number of benzene rings is 1. The van der Waals surface area contributed by atoms with Crippen LogP contribution in [0.1, 0.15) is 53.0 Å². The van der Waals surface area contributed by atoms with E-state index in [1.165, 1.54) is 12.1 Å². The van der Waals surface area contributed by atoms with Crippen molar-refractivity contribution < 1.29 is 13.9 Å². The predicted molar refractivity (Wildman–Crippen MR) is 95.5 cm³/mol. The fourth-order valence-corrected chi connectivity index (χ4v) is 4.04. The van der Waals surface area contributed by atoms with Crippen molar-refractivity contribution in [3.63, 3.8) is 0 Å². The van der Waals surface area contributed by atoms with Gasteiger partial charge in [-0.2, -0.15) is 0 Å². The molecule has 25 heavy (non-hydrogen) atoms. The van der Waals surface area contributed by atoms with Crippen LogP contribution in [0.4, 0.5) is 9.18 Å². The minimum Gasteiger partial charge on any atom is -0.493 e. The Morgan fingerprint density at radius 3 is 2.96 bits per heavy atom. The zero-order valence-electron chi connectivity index (χ0n) is 14.6. The number of fused-ring (bicyclic) bond motifs is 1. The highest BCUT2D eigenvalue weighted by atomic mass is 32.1. The van der Waals surface area contributed by atoms with E-state index in [0.717, 1.165) is 22.0 Å². The van der Waals surface area contributed by atoms with E-state index < -0.39 is 0 Å². The van der Waals surface area contributed by atoms with Crippen LogP contribution in [0.25, 0.3) is 0 Å². The lowest BCUT2D eigenvalue weighted by atomic mass is 10.0. The molecule has 1 aromatic heterocycles. The van der Waals surface area contributed by atoms with Gasteiger partial charge in [0.25, 0.3) is 0 Å². The van der Waals surface area contributed by atoms with Gasteiger partial charge in [0.15, 0.2) is 0 Å². The van der Waals surface area contributed by atoms with E-state index >= 15 is 0 Å². The van der Waals surface area contributed by atoms with Crippen molar-refractivity contribution in [2.24, 2.45) is 0 Å². The maximum absolute atomic E-state index is 13.6. The van der Waals surface area contributed by atoms with Gasteiger partial charge in [0.2, 0.25) is 0 Å². The molecular formula is C18H22FN3O2S. The highest BCUT2D eigenvalue weighted by molar-refractivity contribution is 7.11. The average Bonchev–Trinajstić information content (AvgIpc) is 2.77. The predicted octanol–water partition coefficient (Wildman–Crippen LogP) is 4.17. The van der Waals surface area contributed by atoms with Crippen LogP contribution < -0.4 is 15.4 Å². The van der Waals surface area contributed by atoms with Gasteiger partial charge >= 0.3 is 6.03 Å². The van der Waals surface area contributed by atoms with Crippen molar-refractivity contribution in [2.45, 2.75) is 45.7 Å². The zero-order chi connectivity index (χ0) is 18.0. The lowest BCUT2D eigenvalue weighted by Gasteiger charge is -2.21. The summed E-state index contributed by atoms with van der Waals surface area (Å²) in [7, 11) is 0. The number of amides is 2. The fraction of sp³-hybridized carbons (Fsp3) is 0.444. The Morgan fingerprint density at radius 2 is 2.24 bits per heavy atom. The number of carbonyl (C=O) groups excluding carboxylic acids is 1. The molecule has 0 bridgehead atoms. The Hall–Kier alpha value is -2.15. The molecule has 1 aliphatic heterocycles. The SMILES string of the molecule is Cc1nc(C)c([C@H](C)NC(=O)N[C@H]2CCCOc3ccc(F)cc32)s1. The third kappa shape index (κ3) is 4.10. The molecule has 1 aromatic carbocycles. The molecule has 0 unspecified atom stereocenters. The molecule has 5 nitrogen and oxygen atoms in total. The zero-order valence-corrected chi connectivity index (χ0v) is 15.4. The van der Waals surface area contributed by atoms with E-state index in [2.05, 4.69) is 15.6 Å². The van der Waals surface area contributed by atoms with Crippen LogP contribution in [0.15, 0.2) is 18.2 Å². The second-order valence-electron chi connectivity index (χ2n) is 6.25. The van der Waals surface area contributed by atoms with E-state index in [9.17, 15) is 9.18 Å². The molecule has 0 radical (unpaired) electrons. The van der Waals surface area contributed by atoms with Gasteiger partial charge in [0.1, 0.15) is 11.6 Å². The number of rotatable bonds is 3. The maximum atomic E-state index is 13.6. The van der Waals surface area contributed by atoms with Crippen LogP contribution in [0.2, 0.25) is 0 Å². The van der Waals surface area contributed by atoms with Crippen molar-refractivity contribution in [3.05, 3.63) is 45.2 Å². The number of urea groups is 1. The average molecular weight is 363 g/mol. The van der Waals surface area contributed by atoms with Gasteiger partial charge in [-0.05, 0) is 51.8 Å². The smallest absolute Gasteiger partial charge is 0.315 e. The van der Waals surface area contributed by atoms with Gasteiger partial charge in [0.05, 0.1) is 29.4 Å². The number of aryl methyl sites for hydroxylation is 2. The van der Waals surface area contributed by atoms with Crippen LogP contribution in [-0.4, -0.2) is 17.6 Å². The van der Waals surface area contributed by atoms with Gasteiger partial charge in [-0.3, -0.25) is 0 Å². The largest absolute Gasteiger partial charge is 0.493 e. The number of hydrogen-bond acceptors (Lipinski definition) is 4. The topological polar surface area (TPSA) is 63.2 Å². The molecule has 2 heterocycles. The number of nitrogens with zero attached hydrogens (tertiary/aromatic N) is 1. The summed E-state index contributed by atoms with van der Waals surface area (Å²) < 4.78 is 19.3. The summed E-state index contributed by atoms with van der Waals surface area (Å²) in [6.45, 7) is 6.39. The fourth-order valence-electron chi connectivity index (χ4n) is 3.11. The van der Waals surface area contributed by atoms with E-state index in [4.69, 9.17) is 4.74 Å². The van der Waals surface area contributed by atoms with Gasteiger partial charge < -0.3 is 15.4 Å². The summed E-state index contributed by atoms with van der Waals surface area (Å²) in [6.07, 6.45) is 1.50. The minimum atomic E-state index is -0.333. The van der Waals surface area contributed by atoms with Crippen LogP contribution >= 0.6 is 11.3 Å². The normalized spacial score (nSPS) is 17.8. The monoisotopic (exact) mass is 363 g/mol. The van der Waals surface area contributed by atoms with Gasteiger partial charge in [-0.25, -0.2) is 14.2 Å². The number of ether oxygens (including phenoxy) is 1. The Labute approximate surface area is 150 Å². The number of nitrogens with one attached hydrogen (secondary N) is 2. The van der Waals surface area contributed by atoms with Crippen molar-refractivity contribution in [2.75, 3.05) is 6.61 Å². The quantitative estimate of drug-likeness (QED) is 0.860. The van der Waals surface area contributed by atoms with E-state index in [0.29, 0.717) is 24.3 Å². The first kappa shape index (κ1) is 17.7. The molecule has 0 spiro atoms. The summed E-state index contributed by atoms with van der Waals surface area (Å²) in [5.41, 5.74) is 1.62. The third-order valence-electron chi connectivity index (χ3n) is 4.23. The number of thiazole rings is 1. The van der Waals surface area contributed by atoms with Gasteiger partial charge in [-0.1, -0.05) is 0 Å². The highest BCUT2D eigenvalue weighted by Gasteiger charge is 2.23. The molecule has 7 heteroatoms. The van der Waals surface area contributed by atoms with Crippen molar-refractivity contribution in [3.8, 4) is 5.75 Å². The first-order chi connectivity index (χ1) is 11.9. The third-order valence-corrected chi connectivity index (χ3v) is 5.48. The molecule has 2 atom stereocenters. The Kier molecular flexibility index (Phi) is 5.22. The van der Waals surface area contributed by atoms with Crippen molar-refractivity contribution in [1.29, 1.82) is 0 Å². The molecule has 2 aromatic rings. The second-order valence-corrected chi connectivity index (χ2v) is 7.48. The molecule has 1 aliphatic rings. The summed E-state index contributed by atoms with van der Waals surface area (Å²) in [6, 6.07) is 3.74. The van der Waals surface area contributed by atoms with Crippen LogP contribution in [0.5, 0.6) is 5.75 Å². The molecule has 0 aliphatic carbocycles. The van der Waals surface area contributed by atoms with E-state index in [1.54, 1.807) is 17.4 Å². The second kappa shape index (κ2) is 7.39. The molecule has 2 amide bonds. The standard InChI is InChI=1S/C18H22FN3O2S/c1-10-17(25-12(3)20-10)11(2)21-18(23)22-15-5-4-8-24-16-7-6-13(19)9-14(15)16/h6-7,9,11,15H,4-5,8H2,1-3H3,(H2,21,22,23)/t11-,15-/m0/s1. The Balaban J connectivity index is 1.70. The van der Waals surface area contributed by atoms with E-state index in [1.807, 2.05) is 20.8 Å². The molecule has 3 rings (SSSR count). The molecule has 0 saturated carbocycles. The highest BCUT2D eigenvalue weighted by Crippen LogP contribution is 2.32. The lowest BCUT2D eigenvalue weighted by Crippen LogP contribution is -2.39. The molecule has 134 valence electrons. The van der Waals surface area contributed by atoms with Crippen molar-refractivity contribution in [1.82, 2.24) is 15.6 Å². The van der Waals surface area contributed by atoms with E-state index in [-0.39, 0.29) is 23.9 Å². The maximum Gasteiger partial charge on any atom is 0.315 e. The summed E-state index contributed by atoms with van der Waals surface area (Å²) in [4.78, 5) is 17.9. The lowest BCUT2D eigenvalue weighted by molar-refractivity contribution is 0.233.